The lowest BCUT2D eigenvalue weighted by atomic mass is 9.73. The van der Waals surface area contributed by atoms with Gasteiger partial charge in [0.2, 0.25) is 0 Å². The zero-order valence-corrected chi connectivity index (χ0v) is 8.15. The Balaban J connectivity index is 1.70. The van der Waals surface area contributed by atoms with Gasteiger partial charge in [-0.05, 0) is 67.1 Å². The second-order valence-electron chi connectivity index (χ2n) is 5.93. The third kappa shape index (κ3) is 0.705. The predicted molar refractivity (Wildman–Crippen MR) is 53.1 cm³/mol. The molecule has 7 unspecified atom stereocenters. The molecule has 0 amide bonds. The second-order valence-corrected chi connectivity index (χ2v) is 5.93. The van der Waals surface area contributed by atoms with Crippen LogP contribution in [-0.4, -0.2) is 0 Å². The second kappa shape index (κ2) is 2.04. The molecular formula is C13H18. The van der Waals surface area contributed by atoms with Crippen molar-refractivity contribution in [1.29, 1.82) is 0 Å². The summed E-state index contributed by atoms with van der Waals surface area (Å²) in [6.07, 6.45) is 8.52. The van der Waals surface area contributed by atoms with Crippen LogP contribution in [0.15, 0.2) is 12.7 Å². The van der Waals surface area contributed by atoms with Crippen molar-refractivity contribution in [3.63, 3.8) is 0 Å². The lowest BCUT2D eigenvalue weighted by molar-refractivity contribution is 0.189. The molecule has 0 heteroatoms. The van der Waals surface area contributed by atoms with E-state index in [2.05, 4.69) is 12.7 Å². The maximum absolute atomic E-state index is 4.01. The molecule has 0 aromatic heterocycles. The van der Waals surface area contributed by atoms with E-state index in [1.165, 1.54) is 24.2 Å². The zero-order chi connectivity index (χ0) is 8.58. The molecular weight excluding hydrogens is 156 g/mol. The van der Waals surface area contributed by atoms with Crippen LogP contribution in [0, 0.1) is 41.4 Å². The first-order chi connectivity index (χ1) is 6.38. The van der Waals surface area contributed by atoms with Crippen LogP contribution < -0.4 is 0 Å². The van der Waals surface area contributed by atoms with E-state index < -0.39 is 0 Å². The minimum absolute atomic E-state index is 0.908. The molecule has 4 fully saturated rings. The molecule has 4 aliphatic carbocycles. The molecule has 13 heavy (non-hydrogen) atoms. The lowest BCUT2D eigenvalue weighted by Gasteiger charge is -2.31. The molecule has 0 aromatic carbocycles. The quantitative estimate of drug-likeness (QED) is 0.536. The lowest BCUT2D eigenvalue weighted by Crippen LogP contribution is -2.25. The van der Waals surface area contributed by atoms with E-state index in [-0.39, 0.29) is 0 Å². The van der Waals surface area contributed by atoms with Crippen LogP contribution in [0.5, 0.6) is 0 Å². The molecule has 0 radical (unpaired) electrons. The maximum atomic E-state index is 4.01. The highest BCUT2D eigenvalue weighted by atomic mass is 14.7. The Morgan fingerprint density at radius 3 is 2.15 bits per heavy atom. The third-order valence-corrected chi connectivity index (χ3v) is 5.64. The Bertz CT molecular complexity index is 267. The summed E-state index contributed by atoms with van der Waals surface area (Å²) in [4.78, 5) is 0. The fourth-order valence-electron chi connectivity index (χ4n) is 5.19. The van der Waals surface area contributed by atoms with Crippen molar-refractivity contribution in [3.8, 4) is 0 Å². The summed E-state index contributed by atoms with van der Waals surface area (Å²) in [6.45, 7) is 4.01. The largest absolute Gasteiger partial charge is 0.103 e. The Kier molecular flexibility index (Phi) is 1.11. The van der Waals surface area contributed by atoms with Gasteiger partial charge in [0, 0.05) is 0 Å². The Labute approximate surface area is 80.4 Å². The Hall–Kier alpha value is -0.260. The van der Waals surface area contributed by atoms with Gasteiger partial charge >= 0.3 is 0 Å². The maximum Gasteiger partial charge on any atom is -0.0202 e. The smallest absolute Gasteiger partial charge is 0.0202 e. The van der Waals surface area contributed by atoms with Crippen LogP contribution in [-0.2, 0) is 0 Å². The first kappa shape index (κ1) is 7.09. The minimum Gasteiger partial charge on any atom is -0.103 e. The molecule has 2 bridgehead atoms. The van der Waals surface area contributed by atoms with Crippen LogP contribution in [0.4, 0.5) is 0 Å². The van der Waals surface area contributed by atoms with Gasteiger partial charge in [-0.1, -0.05) is 6.08 Å². The van der Waals surface area contributed by atoms with Crippen molar-refractivity contribution < 1.29 is 0 Å². The number of hydrogen-bond acceptors (Lipinski definition) is 0. The van der Waals surface area contributed by atoms with Gasteiger partial charge < -0.3 is 0 Å². The summed E-state index contributed by atoms with van der Waals surface area (Å²) in [7, 11) is 0. The van der Waals surface area contributed by atoms with E-state index in [0.29, 0.717) is 0 Å². The van der Waals surface area contributed by atoms with Crippen molar-refractivity contribution in [2.24, 2.45) is 41.4 Å². The van der Waals surface area contributed by atoms with Gasteiger partial charge in [0.1, 0.15) is 0 Å². The standard InChI is InChI=1S/C13H18/c1-2-7-3-8-4-10(7)13-11(8)5-9-6-12(9)13/h2,7-13H,1,3-6H2. The average Bonchev–Trinajstić information content (AvgIpc) is 2.60. The first-order valence-corrected chi connectivity index (χ1v) is 6.01. The monoisotopic (exact) mass is 174 g/mol. The molecule has 0 spiro atoms. The van der Waals surface area contributed by atoms with Crippen molar-refractivity contribution in [2.75, 3.05) is 0 Å². The van der Waals surface area contributed by atoms with Gasteiger partial charge in [0.25, 0.3) is 0 Å². The Morgan fingerprint density at radius 2 is 1.46 bits per heavy atom. The van der Waals surface area contributed by atoms with E-state index in [4.69, 9.17) is 0 Å². The first-order valence-electron chi connectivity index (χ1n) is 6.01. The van der Waals surface area contributed by atoms with Gasteiger partial charge in [-0.2, -0.15) is 0 Å². The van der Waals surface area contributed by atoms with Crippen LogP contribution in [0.3, 0.4) is 0 Å². The normalized spacial score (nSPS) is 66.3. The molecule has 4 aliphatic rings. The van der Waals surface area contributed by atoms with Crippen molar-refractivity contribution in [2.45, 2.75) is 25.7 Å². The summed E-state index contributed by atoms with van der Waals surface area (Å²) in [6, 6.07) is 0. The molecule has 0 aromatic rings. The molecule has 4 saturated carbocycles. The number of rotatable bonds is 1. The van der Waals surface area contributed by atoms with E-state index in [1.807, 2.05) is 0 Å². The number of allylic oxidation sites excluding steroid dienone is 1. The average molecular weight is 174 g/mol. The number of fused-ring (bicyclic) bond motifs is 7. The van der Waals surface area contributed by atoms with Crippen molar-refractivity contribution in [3.05, 3.63) is 12.7 Å². The van der Waals surface area contributed by atoms with Crippen molar-refractivity contribution >= 4 is 0 Å². The SMILES string of the molecule is C=CC1CC2CC1C1C2CC2CC21. The molecule has 0 saturated heterocycles. The van der Waals surface area contributed by atoms with Gasteiger partial charge in [-0.3, -0.25) is 0 Å². The molecule has 0 nitrogen and oxygen atoms in total. The molecule has 0 aliphatic heterocycles. The van der Waals surface area contributed by atoms with Gasteiger partial charge in [0.05, 0.1) is 0 Å². The summed E-state index contributed by atoms with van der Waals surface area (Å²) >= 11 is 0. The summed E-state index contributed by atoms with van der Waals surface area (Å²) < 4.78 is 0. The molecule has 4 rings (SSSR count). The third-order valence-electron chi connectivity index (χ3n) is 5.64. The van der Waals surface area contributed by atoms with Gasteiger partial charge in [0.15, 0.2) is 0 Å². The molecule has 70 valence electrons. The van der Waals surface area contributed by atoms with Crippen LogP contribution >= 0.6 is 0 Å². The highest BCUT2D eigenvalue weighted by Gasteiger charge is 2.64. The minimum atomic E-state index is 0.908. The van der Waals surface area contributed by atoms with E-state index in [9.17, 15) is 0 Å². The van der Waals surface area contributed by atoms with Crippen LogP contribution in [0.25, 0.3) is 0 Å². The van der Waals surface area contributed by atoms with Crippen LogP contribution in [0.2, 0.25) is 0 Å². The fraction of sp³-hybridized carbons (Fsp3) is 0.846. The topological polar surface area (TPSA) is 0 Å². The Morgan fingerprint density at radius 1 is 0.846 bits per heavy atom. The molecule has 0 N–H and O–H groups in total. The number of hydrogen-bond donors (Lipinski definition) is 0. The highest BCUT2D eigenvalue weighted by Crippen LogP contribution is 2.71. The van der Waals surface area contributed by atoms with Gasteiger partial charge in [-0.15, -0.1) is 6.58 Å². The van der Waals surface area contributed by atoms with Crippen LogP contribution in [0.1, 0.15) is 25.7 Å². The van der Waals surface area contributed by atoms with E-state index >= 15 is 0 Å². The molecule has 0 heterocycles. The van der Waals surface area contributed by atoms with E-state index in [1.54, 1.807) is 19.3 Å². The van der Waals surface area contributed by atoms with Crippen molar-refractivity contribution in [1.82, 2.24) is 0 Å². The summed E-state index contributed by atoms with van der Waals surface area (Å²) in [5, 5.41) is 0. The van der Waals surface area contributed by atoms with E-state index in [0.717, 1.165) is 23.7 Å². The van der Waals surface area contributed by atoms with Gasteiger partial charge in [-0.25, -0.2) is 0 Å². The summed E-state index contributed by atoms with van der Waals surface area (Å²) in [5.74, 6) is 7.80. The predicted octanol–water partition coefficient (Wildman–Crippen LogP) is 3.10. The highest BCUT2D eigenvalue weighted by molar-refractivity contribution is 5.15. The summed E-state index contributed by atoms with van der Waals surface area (Å²) in [5.41, 5.74) is 0. The fourth-order valence-corrected chi connectivity index (χ4v) is 5.19. The molecule has 7 atom stereocenters. The zero-order valence-electron chi connectivity index (χ0n) is 8.15.